The third-order valence-electron chi connectivity index (χ3n) is 9.69. The molecule has 6 nitrogen and oxygen atoms in total. The van der Waals surface area contributed by atoms with Crippen molar-refractivity contribution in [2.45, 2.75) is 59.0 Å². The Bertz CT molecular complexity index is 1110. The molecule has 2 bridgehead atoms. The van der Waals surface area contributed by atoms with E-state index in [0.29, 0.717) is 6.04 Å². The minimum Gasteiger partial charge on any atom is -0.495 e. The summed E-state index contributed by atoms with van der Waals surface area (Å²) in [7, 11) is 1.74. The third-order valence-corrected chi connectivity index (χ3v) is 9.69. The van der Waals surface area contributed by atoms with Crippen LogP contribution in [-0.2, 0) is 17.7 Å². The minimum atomic E-state index is 0.173. The van der Waals surface area contributed by atoms with Gasteiger partial charge in [0.05, 0.1) is 31.4 Å². The van der Waals surface area contributed by atoms with Gasteiger partial charge in [0, 0.05) is 56.3 Å². The number of para-hydroxylation sites is 1. The maximum atomic E-state index is 14.3. The van der Waals surface area contributed by atoms with E-state index in [1.807, 2.05) is 12.1 Å². The maximum absolute atomic E-state index is 14.3. The van der Waals surface area contributed by atoms with Gasteiger partial charge in [-0.05, 0) is 42.1 Å². The standard InChI is InChI=1S/C28H39N3O3/c1-27(2)19-8-10-28(3,18-19)26(27)31-11-9-21-23(25(31)32)20-6-5-7-22(33-4)24(20)30(21)13-12-29-14-16-34-17-15-29/h5-7,19,26H,8-18H2,1-4H3/t19-,26?,28-/m0/s1. The number of fused-ring (bicyclic) bond motifs is 5. The molecule has 1 saturated heterocycles. The van der Waals surface area contributed by atoms with Crippen LogP contribution in [0.3, 0.4) is 0 Å². The first-order chi connectivity index (χ1) is 16.3. The molecular formula is C28H39N3O3. The number of carbonyl (C=O) groups excluding carboxylic acids is 1. The number of carbonyl (C=O) groups is 1. The summed E-state index contributed by atoms with van der Waals surface area (Å²) in [5.74, 6) is 1.82. The predicted octanol–water partition coefficient (Wildman–Crippen LogP) is 4.20. The van der Waals surface area contributed by atoms with E-state index in [-0.39, 0.29) is 16.7 Å². The number of ether oxygens (including phenoxy) is 2. The average Bonchev–Trinajstić information content (AvgIpc) is 3.44. The maximum Gasteiger partial charge on any atom is 0.256 e. The fourth-order valence-electron chi connectivity index (χ4n) is 8.18. The van der Waals surface area contributed by atoms with Gasteiger partial charge in [-0.1, -0.05) is 32.9 Å². The first kappa shape index (κ1) is 22.4. The summed E-state index contributed by atoms with van der Waals surface area (Å²) in [6.45, 7) is 13.5. The van der Waals surface area contributed by atoms with E-state index in [0.717, 1.165) is 80.5 Å². The molecule has 0 spiro atoms. The van der Waals surface area contributed by atoms with Crippen LogP contribution in [0.2, 0.25) is 0 Å². The van der Waals surface area contributed by atoms with Crippen LogP contribution in [0.1, 0.15) is 56.1 Å². The molecule has 184 valence electrons. The highest BCUT2D eigenvalue weighted by atomic mass is 16.5. The van der Waals surface area contributed by atoms with E-state index >= 15 is 0 Å². The van der Waals surface area contributed by atoms with E-state index in [1.54, 1.807) is 7.11 Å². The molecule has 2 aliphatic heterocycles. The molecule has 3 atom stereocenters. The number of benzene rings is 1. The van der Waals surface area contributed by atoms with E-state index in [9.17, 15) is 4.79 Å². The Morgan fingerprint density at radius 2 is 1.91 bits per heavy atom. The molecule has 2 saturated carbocycles. The fourth-order valence-corrected chi connectivity index (χ4v) is 8.18. The SMILES string of the molecule is COc1cccc2c3c(n(CCN4CCOCC4)c12)CCN(C1C(C)(C)[C@H]2CC[C@@]1(C)C2)C3=O. The van der Waals surface area contributed by atoms with Gasteiger partial charge in [-0.25, -0.2) is 0 Å². The van der Waals surface area contributed by atoms with Crippen molar-refractivity contribution in [3.05, 3.63) is 29.5 Å². The normalized spacial score (nSPS) is 30.8. The van der Waals surface area contributed by atoms with Crippen molar-refractivity contribution in [1.82, 2.24) is 14.4 Å². The molecule has 1 amide bonds. The number of amides is 1. The van der Waals surface area contributed by atoms with Crippen LogP contribution in [0.5, 0.6) is 5.75 Å². The number of rotatable bonds is 5. The van der Waals surface area contributed by atoms with Gasteiger partial charge in [0.25, 0.3) is 5.91 Å². The van der Waals surface area contributed by atoms with Crippen molar-refractivity contribution in [2.75, 3.05) is 46.5 Å². The van der Waals surface area contributed by atoms with E-state index < -0.39 is 0 Å². The second-order valence-electron chi connectivity index (χ2n) is 11.8. The van der Waals surface area contributed by atoms with Gasteiger partial charge >= 0.3 is 0 Å². The molecule has 3 heterocycles. The van der Waals surface area contributed by atoms with Crippen LogP contribution < -0.4 is 4.74 Å². The molecule has 2 aliphatic carbocycles. The minimum absolute atomic E-state index is 0.173. The van der Waals surface area contributed by atoms with Crippen molar-refractivity contribution >= 4 is 16.8 Å². The van der Waals surface area contributed by atoms with Gasteiger partial charge in [-0.2, -0.15) is 0 Å². The van der Waals surface area contributed by atoms with Gasteiger partial charge in [0.2, 0.25) is 0 Å². The largest absolute Gasteiger partial charge is 0.495 e. The van der Waals surface area contributed by atoms with Gasteiger partial charge in [-0.15, -0.1) is 0 Å². The summed E-state index contributed by atoms with van der Waals surface area (Å²) in [6.07, 6.45) is 4.73. The predicted molar refractivity (Wildman–Crippen MR) is 134 cm³/mol. The lowest BCUT2D eigenvalue weighted by Crippen LogP contribution is -2.56. The zero-order chi connectivity index (χ0) is 23.7. The average molecular weight is 466 g/mol. The first-order valence-electron chi connectivity index (χ1n) is 13.1. The topological polar surface area (TPSA) is 46.9 Å². The first-order valence-corrected chi connectivity index (χ1v) is 13.1. The Morgan fingerprint density at radius 1 is 1.12 bits per heavy atom. The summed E-state index contributed by atoms with van der Waals surface area (Å²) in [5, 5.41) is 1.05. The number of methoxy groups -OCH3 is 1. The molecule has 34 heavy (non-hydrogen) atoms. The van der Waals surface area contributed by atoms with Crippen LogP contribution in [0.15, 0.2) is 18.2 Å². The number of aromatic nitrogens is 1. The Labute approximate surface area is 203 Å². The molecule has 4 aliphatic rings. The molecule has 6 rings (SSSR count). The molecule has 1 aromatic heterocycles. The Morgan fingerprint density at radius 3 is 2.62 bits per heavy atom. The van der Waals surface area contributed by atoms with Crippen molar-refractivity contribution in [3.63, 3.8) is 0 Å². The van der Waals surface area contributed by atoms with Crippen molar-refractivity contribution in [2.24, 2.45) is 16.7 Å². The van der Waals surface area contributed by atoms with E-state index in [1.165, 1.54) is 25.0 Å². The van der Waals surface area contributed by atoms with Crippen LogP contribution in [0, 0.1) is 16.7 Å². The van der Waals surface area contributed by atoms with Crippen molar-refractivity contribution in [3.8, 4) is 5.75 Å². The van der Waals surface area contributed by atoms with Gasteiger partial charge < -0.3 is 18.9 Å². The summed E-state index contributed by atoms with van der Waals surface area (Å²) < 4.78 is 13.7. The summed E-state index contributed by atoms with van der Waals surface area (Å²) in [5.41, 5.74) is 3.61. The van der Waals surface area contributed by atoms with Crippen LogP contribution in [0.4, 0.5) is 0 Å². The number of hydrogen-bond acceptors (Lipinski definition) is 4. The Balaban J connectivity index is 1.40. The lowest BCUT2D eigenvalue weighted by Gasteiger charge is -2.50. The summed E-state index contributed by atoms with van der Waals surface area (Å²) >= 11 is 0. The molecule has 2 aromatic rings. The van der Waals surface area contributed by atoms with Gasteiger partial charge in [0.15, 0.2) is 0 Å². The molecule has 0 N–H and O–H groups in total. The van der Waals surface area contributed by atoms with Crippen molar-refractivity contribution in [1.29, 1.82) is 0 Å². The summed E-state index contributed by atoms with van der Waals surface area (Å²) in [6, 6.07) is 6.50. The molecular weight excluding hydrogens is 426 g/mol. The number of nitrogens with zero attached hydrogens (tertiary/aromatic N) is 3. The molecule has 1 unspecified atom stereocenters. The zero-order valence-electron chi connectivity index (χ0n) is 21.2. The van der Waals surface area contributed by atoms with Crippen LogP contribution in [0.25, 0.3) is 10.9 Å². The second kappa shape index (κ2) is 7.99. The third kappa shape index (κ3) is 3.17. The Kier molecular flexibility index (Phi) is 5.27. The smallest absolute Gasteiger partial charge is 0.256 e. The molecule has 1 aromatic carbocycles. The lowest BCUT2D eigenvalue weighted by molar-refractivity contribution is 0.00466. The summed E-state index contributed by atoms with van der Waals surface area (Å²) in [4.78, 5) is 19.0. The second-order valence-corrected chi connectivity index (χ2v) is 11.8. The highest BCUT2D eigenvalue weighted by molar-refractivity contribution is 6.10. The van der Waals surface area contributed by atoms with E-state index in [2.05, 4.69) is 41.2 Å². The highest BCUT2D eigenvalue weighted by Gasteiger charge is 2.62. The van der Waals surface area contributed by atoms with Crippen LogP contribution in [-0.4, -0.2) is 72.8 Å². The molecule has 0 radical (unpaired) electrons. The van der Waals surface area contributed by atoms with Crippen molar-refractivity contribution < 1.29 is 14.3 Å². The van der Waals surface area contributed by atoms with Gasteiger partial charge in [0.1, 0.15) is 5.75 Å². The van der Waals surface area contributed by atoms with Crippen LogP contribution >= 0.6 is 0 Å². The van der Waals surface area contributed by atoms with Gasteiger partial charge in [-0.3, -0.25) is 9.69 Å². The fraction of sp³-hybridized carbons (Fsp3) is 0.679. The number of hydrogen-bond donors (Lipinski definition) is 0. The lowest BCUT2D eigenvalue weighted by atomic mass is 9.67. The monoisotopic (exact) mass is 465 g/mol. The zero-order valence-corrected chi connectivity index (χ0v) is 21.2. The Hall–Kier alpha value is -2.05. The number of morpholine rings is 1. The van der Waals surface area contributed by atoms with E-state index in [4.69, 9.17) is 9.47 Å². The molecule has 6 heteroatoms. The highest BCUT2D eigenvalue weighted by Crippen LogP contribution is 2.64. The quantitative estimate of drug-likeness (QED) is 0.664. The molecule has 3 fully saturated rings.